The van der Waals surface area contributed by atoms with E-state index in [1.54, 1.807) is 24.3 Å². The predicted octanol–water partition coefficient (Wildman–Crippen LogP) is 1.57. The number of benzene rings is 2. The minimum Gasteiger partial charge on any atom is -0.491 e. The molecular formula is C22H22FN3O5. The molecule has 2 aromatic rings. The van der Waals surface area contributed by atoms with Crippen LogP contribution < -0.4 is 15.4 Å². The van der Waals surface area contributed by atoms with Crippen LogP contribution in [-0.4, -0.2) is 47.0 Å². The van der Waals surface area contributed by atoms with Crippen LogP contribution in [0.5, 0.6) is 5.75 Å². The highest BCUT2D eigenvalue weighted by Crippen LogP contribution is 2.32. The largest absolute Gasteiger partial charge is 0.491 e. The number of carbonyl (C=O) groups is 3. The van der Waals surface area contributed by atoms with Crippen LogP contribution in [0.3, 0.4) is 0 Å². The van der Waals surface area contributed by atoms with Gasteiger partial charge in [0.05, 0.1) is 6.61 Å². The van der Waals surface area contributed by atoms with E-state index in [1.807, 2.05) is 0 Å². The zero-order valence-electron chi connectivity index (χ0n) is 16.7. The van der Waals surface area contributed by atoms with Gasteiger partial charge in [-0.2, -0.15) is 0 Å². The predicted molar refractivity (Wildman–Crippen MR) is 109 cm³/mol. The van der Waals surface area contributed by atoms with Crippen LogP contribution in [-0.2, 0) is 22.7 Å². The summed E-state index contributed by atoms with van der Waals surface area (Å²) >= 11 is 0. The molecule has 2 aliphatic heterocycles. The number of anilines is 1. The SMILES string of the molecule is O=C1CCC(N2Cc3c(NCc4cc(OCCO)ccc4F)cccc3C2=O)C(=O)N1. The van der Waals surface area contributed by atoms with Gasteiger partial charge in [0.1, 0.15) is 24.2 Å². The van der Waals surface area contributed by atoms with Gasteiger partial charge in [0.2, 0.25) is 11.8 Å². The van der Waals surface area contributed by atoms with Crippen LogP contribution in [0.15, 0.2) is 36.4 Å². The third kappa shape index (κ3) is 4.22. The summed E-state index contributed by atoms with van der Waals surface area (Å²) in [6, 6.07) is 8.87. The maximum absolute atomic E-state index is 14.2. The highest BCUT2D eigenvalue weighted by Gasteiger charge is 2.39. The van der Waals surface area contributed by atoms with Crippen molar-refractivity contribution in [2.24, 2.45) is 0 Å². The molecule has 0 spiro atoms. The molecule has 1 saturated heterocycles. The van der Waals surface area contributed by atoms with Crippen molar-refractivity contribution < 1.29 is 28.6 Å². The van der Waals surface area contributed by atoms with Gasteiger partial charge in [0, 0.05) is 41.9 Å². The molecule has 1 fully saturated rings. The Labute approximate surface area is 178 Å². The average Bonchev–Trinajstić information content (AvgIpc) is 3.09. The van der Waals surface area contributed by atoms with Crippen molar-refractivity contribution in [3.63, 3.8) is 0 Å². The van der Waals surface area contributed by atoms with Gasteiger partial charge in [-0.05, 0) is 36.8 Å². The Bertz CT molecular complexity index is 1040. The van der Waals surface area contributed by atoms with E-state index < -0.39 is 17.8 Å². The first kappa shape index (κ1) is 20.8. The highest BCUT2D eigenvalue weighted by molar-refractivity contribution is 6.06. The number of nitrogens with zero attached hydrogens (tertiary/aromatic N) is 1. The van der Waals surface area contributed by atoms with Crippen LogP contribution in [0.1, 0.15) is 34.3 Å². The van der Waals surface area contributed by atoms with Crippen LogP contribution in [0.4, 0.5) is 10.1 Å². The summed E-state index contributed by atoms with van der Waals surface area (Å²) in [5.74, 6) is -1.02. The Morgan fingerprint density at radius 3 is 2.84 bits per heavy atom. The minimum absolute atomic E-state index is 0.114. The Hall–Kier alpha value is -3.46. The number of aliphatic hydroxyl groups excluding tert-OH is 1. The van der Waals surface area contributed by atoms with Crippen LogP contribution in [0.25, 0.3) is 0 Å². The minimum atomic E-state index is -0.691. The molecule has 4 rings (SSSR count). The summed E-state index contributed by atoms with van der Waals surface area (Å²) in [5.41, 5.74) is 2.25. The van der Waals surface area contributed by atoms with Crippen molar-refractivity contribution in [2.75, 3.05) is 18.5 Å². The third-order valence-electron chi connectivity index (χ3n) is 5.43. The van der Waals surface area contributed by atoms with Gasteiger partial charge in [-0.3, -0.25) is 19.7 Å². The summed E-state index contributed by atoms with van der Waals surface area (Å²) in [6.07, 6.45) is 0.481. The topological polar surface area (TPSA) is 108 Å². The molecule has 3 N–H and O–H groups in total. The first-order chi connectivity index (χ1) is 15.0. The van der Waals surface area contributed by atoms with Crippen molar-refractivity contribution in [3.05, 3.63) is 58.9 Å². The third-order valence-corrected chi connectivity index (χ3v) is 5.43. The number of hydrogen-bond donors (Lipinski definition) is 3. The Balaban J connectivity index is 1.51. The summed E-state index contributed by atoms with van der Waals surface area (Å²) in [4.78, 5) is 38.0. The number of halogens is 1. The summed E-state index contributed by atoms with van der Waals surface area (Å²) in [5, 5.41) is 14.3. The van der Waals surface area contributed by atoms with E-state index in [1.165, 1.54) is 17.0 Å². The molecule has 1 unspecified atom stereocenters. The van der Waals surface area contributed by atoms with Gasteiger partial charge in [0.25, 0.3) is 5.91 Å². The second-order valence-electron chi connectivity index (χ2n) is 7.41. The number of piperidine rings is 1. The fourth-order valence-corrected chi connectivity index (χ4v) is 3.88. The Kier molecular flexibility index (Phi) is 5.85. The van der Waals surface area contributed by atoms with Crippen molar-refractivity contribution in [1.29, 1.82) is 0 Å². The van der Waals surface area contributed by atoms with E-state index in [-0.39, 0.29) is 44.5 Å². The molecule has 0 aromatic heterocycles. The number of hydrogen-bond acceptors (Lipinski definition) is 6. The monoisotopic (exact) mass is 427 g/mol. The van der Waals surface area contributed by atoms with E-state index in [0.717, 1.165) is 5.56 Å². The lowest BCUT2D eigenvalue weighted by atomic mass is 10.0. The average molecular weight is 427 g/mol. The van der Waals surface area contributed by atoms with E-state index in [4.69, 9.17) is 9.84 Å². The summed E-state index contributed by atoms with van der Waals surface area (Å²) in [7, 11) is 0. The molecule has 2 aromatic carbocycles. The lowest BCUT2D eigenvalue weighted by Gasteiger charge is -2.29. The summed E-state index contributed by atoms with van der Waals surface area (Å²) in [6.45, 7) is 0.360. The van der Waals surface area contributed by atoms with Gasteiger partial charge >= 0.3 is 0 Å². The normalized spacial score (nSPS) is 18.1. The lowest BCUT2D eigenvalue weighted by Crippen LogP contribution is -2.52. The van der Waals surface area contributed by atoms with Gasteiger partial charge in [-0.25, -0.2) is 4.39 Å². The molecule has 9 heteroatoms. The second-order valence-corrected chi connectivity index (χ2v) is 7.41. The van der Waals surface area contributed by atoms with Gasteiger partial charge in [-0.1, -0.05) is 6.07 Å². The molecule has 8 nitrogen and oxygen atoms in total. The zero-order chi connectivity index (χ0) is 22.0. The number of rotatable bonds is 7. The molecule has 0 aliphatic carbocycles. The zero-order valence-corrected chi connectivity index (χ0v) is 16.7. The van der Waals surface area contributed by atoms with Crippen molar-refractivity contribution in [2.45, 2.75) is 32.0 Å². The number of fused-ring (bicyclic) bond motifs is 1. The van der Waals surface area contributed by atoms with Gasteiger partial charge in [-0.15, -0.1) is 0 Å². The van der Waals surface area contributed by atoms with E-state index in [2.05, 4.69) is 10.6 Å². The number of nitrogens with one attached hydrogen (secondary N) is 2. The first-order valence-electron chi connectivity index (χ1n) is 10.0. The van der Waals surface area contributed by atoms with E-state index in [0.29, 0.717) is 29.0 Å². The number of imide groups is 1. The quantitative estimate of drug-likeness (QED) is 0.579. The number of ether oxygens (including phenoxy) is 1. The first-order valence-corrected chi connectivity index (χ1v) is 10.0. The van der Waals surface area contributed by atoms with Crippen molar-refractivity contribution >= 4 is 23.4 Å². The molecule has 162 valence electrons. The number of amides is 3. The fraction of sp³-hybridized carbons (Fsp3) is 0.318. The molecule has 3 amide bonds. The molecule has 31 heavy (non-hydrogen) atoms. The standard InChI is InChI=1S/C22H22FN3O5/c23-17-5-4-14(31-9-8-27)10-13(17)11-24-18-3-1-2-15-16(18)12-26(22(15)30)19-6-7-20(28)25-21(19)29/h1-5,10,19,24,27H,6-9,11-12H2,(H,25,28,29). The molecule has 0 saturated carbocycles. The smallest absolute Gasteiger partial charge is 0.255 e. The van der Waals surface area contributed by atoms with Gasteiger partial charge in [0.15, 0.2) is 0 Å². The van der Waals surface area contributed by atoms with Gasteiger partial charge < -0.3 is 20.1 Å². The lowest BCUT2D eigenvalue weighted by molar-refractivity contribution is -0.136. The molecule has 0 bridgehead atoms. The molecule has 2 heterocycles. The molecule has 0 radical (unpaired) electrons. The van der Waals surface area contributed by atoms with E-state index in [9.17, 15) is 18.8 Å². The van der Waals surface area contributed by atoms with Crippen LogP contribution >= 0.6 is 0 Å². The van der Waals surface area contributed by atoms with Crippen molar-refractivity contribution in [3.8, 4) is 5.75 Å². The Morgan fingerprint density at radius 2 is 2.06 bits per heavy atom. The summed E-state index contributed by atoms with van der Waals surface area (Å²) < 4.78 is 19.6. The van der Waals surface area contributed by atoms with Crippen LogP contribution in [0.2, 0.25) is 0 Å². The Morgan fingerprint density at radius 1 is 1.23 bits per heavy atom. The fourth-order valence-electron chi connectivity index (χ4n) is 3.88. The van der Waals surface area contributed by atoms with Crippen LogP contribution in [0, 0.1) is 5.82 Å². The number of aliphatic hydroxyl groups is 1. The maximum atomic E-state index is 14.2. The number of carbonyl (C=O) groups excluding carboxylic acids is 3. The second kappa shape index (κ2) is 8.73. The van der Waals surface area contributed by atoms with E-state index >= 15 is 0 Å². The van der Waals surface area contributed by atoms with Crippen molar-refractivity contribution in [1.82, 2.24) is 10.2 Å². The molecule has 2 aliphatic rings. The maximum Gasteiger partial charge on any atom is 0.255 e. The molecular weight excluding hydrogens is 405 g/mol. The molecule has 1 atom stereocenters. The highest BCUT2D eigenvalue weighted by atomic mass is 19.1.